The van der Waals surface area contributed by atoms with E-state index in [0.717, 1.165) is 18.8 Å². The van der Waals surface area contributed by atoms with Crippen molar-refractivity contribution in [1.29, 1.82) is 0 Å². The van der Waals surface area contributed by atoms with Crippen molar-refractivity contribution >= 4 is 5.69 Å². The van der Waals surface area contributed by atoms with Crippen LogP contribution in [0, 0.1) is 0 Å². The first-order valence-electron chi connectivity index (χ1n) is 7.80. The topological polar surface area (TPSA) is 28.2 Å². The van der Waals surface area contributed by atoms with Gasteiger partial charge < -0.3 is 10.2 Å². The summed E-state index contributed by atoms with van der Waals surface area (Å²) in [5.41, 5.74) is 2.47. The molecule has 0 spiro atoms. The van der Waals surface area contributed by atoms with Gasteiger partial charge in [-0.3, -0.25) is 4.98 Å². The summed E-state index contributed by atoms with van der Waals surface area (Å²) in [4.78, 5) is 6.91. The second-order valence-electron chi connectivity index (χ2n) is 5.74. The summed E-state index contributed by atoms with van der Waals surface area (Å²) in [6, 6.07) is 17.7. The minimum Gasteiger partial charge on any atom is -0.371 e. The van der Waals surface area contributed by atoms with Crippen LogP contribution in [0.3, 0.4) is 0 Å². The summed E-state index contributed by atoms with van der Waals surface area (Å²) in [6.07, 6.45) is 4.24. The Bertz CT molecular complexity index is 533. The Kier molecular flexibility index (Phi) is 4.51. The number of nitrogens with one attached hydrogen (secondary N) is 1. The van der Waals surface area contributed by atoms with Crippen molar-refractivity contribution in [3.8, 4) is 0 Å². The van der Waals surface area contributed by atoms with E-state index in [4.69, 9.17) is 0 Å². The Morgan fingerprint density at radius 2 is 1.76 bits per heavy atom. The largest absolute Gasteiger partial charge is 0.371 e. The van der Waals surface area contributed by atoms with Crippen molar-refractivity contribution in [3.63, 3.8) is 0 Å². The number of pyridine rings is 1. The second-order valence-corrected chi connectivity index (χ2v) is 5.74. The molecule has 3 rings (SSSR count). The van der Waals surface area contributed by atoms with E-state index in [2.05, 4.69) is 64.6 Å². The van der Waals surface area contributed by atoms with Gasteiger partial charge >= 0.3 is 0 Å². The third-order valence-corrected chi connectivity index (χ3v) is 4.23. The van der Waals surface area contributed by atoms with Gasteiger partial charge in [0.25, 0.3) is 0 Å². The second kappa shape index (κ2) is 6.72. The fraction of sp³-hybridized carbons (Fsp3) is 0.389. The number of rotatable bonds is 4. The van der Waals surface area contributed by atoms with Gasteiger partial charge in [-0.25, -0.2) is 0 Å². The standard InChI is InChI=1S/C18H23N3/c1-15(18-9-5-6-12-19-18)20-16-10-13-21(14-11-16)17-7-3-2-4-8-17/h2-9,12,15-16,20H,10-11,13-14H2,1H3. The third-order valence-electron chi connectivity index (χ3n) is 4.23. The maximum absolute atomic E-state index is 4.43. The molecular formula is C18H23N3. The SMILES string of the molecule is CC(NC1CCN(c2ccccc2)CC1)c1ccccn1. The van der Waals surface area contributed by atoms with Gasteiger partial charge in [0.1, 0.15) is 0 Å². The molecule has 21 heavy (non-hydrogen) atoms. The Morgan fingerprint density at radius 3 is 2.43 bits per heavy atom. The number of aromatic nitrogens is 1. The number of hydrogen-bond acceptors (Lipinski definition) is 3. The maximum Gasteiger partial charge on any atom is 0.0570 e. The molecule has 3 nitrogen and oxygen atoms in total. The van der Waals surface area contributed by atoms with Gasteiger partial charge in [-0.1, -0.05) is 24.3 Å². The van der Waals surface area contributed by atoms with Crippen LogP contribution in [0.5, 0.6) is 0 Å². The van der Waals surface area contributed by atoms with E-state index in [1.165, 1.54) is 18.5 Å². The minimum atomic E-state index is 0.319. The van der Waals surface area contributed by atoms with Gasteiger partial charge in [0, 0.05) is 37.1 Å². The first kappa shape index (κ1) is 14.1. The van der Waals surface area contributed by atoms with Gasteiger partial charge in [0.2, 0.25) is 0 Å². The van der Waals surface area contributed by atoms with Crippen LogP contribution in [0.4, 0.5) is 5.69 Å². The first-order valence-corrected chi connectivity index (χ1v) is 7.80. The van der Waals surface area contributed by atoms with Crippen molar-refractivity contribution in [1.82, 2.24) is 10.3 Å². The number of piperidine rings is 1. The van der Waals surface area contributed by atoms with E-state index < -0.39 is 0 Å². The van der Waals surface area contributed by atoms with E-state index in [9.17, 15) is 0 Å². The van der Waals surface area contributed by atoms with E-state index in [1.54, 1.807) is 0 Å². The van der Waals surface area contributed by atoms with Crippen molar-refractivity contribution in [2.75, 3.05) is 18.0 Å². The quantitative estimate of drug-likeness (QED) is 0.931. The maximum atomic E-state index is 4.43. The van der Waals surface area contributed by atoms with Crippen LogP contribution in [0.15, 0.2) is 54.7 Å². The van der Waals surface area contributed by atoms with E-state index in [-0.39, 0.29) is 0 Å². The van der Waals surface area contributed by atoms with Gasteiger partial charge in [0.05, 0.1) is 5.69 Å². The lowest BCUT2D eigenvalue weighted by molar-refractivity contribution is 0.377. The summed E-state index contributed by atoms with van der Waals surface area (Å²) in [5, 5.41) is 3.72. The Hall–Kier alpha value is -1.87. The molecule has 2 heterocycles. The molecule has 0 aliphatic carbocycles. The molecular weight excluding hydrogens is 258 g/mol. The molecule has 0 amide bonds. The van der Waals surface area contributed by atoms with Crippen molar-refractivity contribution in [2.24, 2.45) is 0 Å². The minimum absolute atomic E-state index is 0.319. The molecule has 0 saturated carbocycles. The molecule has 1 aliphatic heterocycles. The normalized spacial score (nSPS) is 17.7. The van der Waals surface area contributed by atoms with Crippen LogP contribution in [0.25, 0.3) is 0 Å². The van der Waals surface area contributed by atoms with Crippen LogP contribution in [-0.4, -0.2) is 24.1 Å². The molecule has 0 bridgehead atoms. The molecule has 1 fully saturated rings. The number of benzene rings is 1. The Morgan fingerprint density at radius 1 is 1.05 bits per heavy atom. The monoisotopic (exact) mass is 281 g/mol. The summed E-state index contributed by atoms with van der Waals surface area (Å²) in [6.45, 7) is 4.44. The molecule has 1 N–H and O–H groups in total. The number of anilines is 1. The fourth-order valence-electron chi connectivity index (χ4n) is 3.01. The summed E-state index contributed by atoms with van der Waals surface area (Å²) in [5.74, 6) is 0. The molecule has 0 radical (unpaired) electrons. The summed E-state index contributed by atoms with van der Waals surface area (Å²) in [7, 11) is 0. The summed E-state index contributed by atoms with van der Waals surface area (Å²) >= 11 is 0. The molecule has 1 aromatic carbocycles. The lowest BCUT2D eigenvalue weighted by Crippen LogP contribution is -2.43. The van der Waals surface area contributed by atoms with E-state index >= 15 is 0 Å². The van der Waals surface area contributed by atoms with Crippen molar-refractivity contribution in [2.45, 2.75) is 31.8 Å². The molecule has 2 aromatic rings. The van der Waals surface area contributed by atoms with E-state index in [1.807, 2.05) is 12.3 Å². The number of para-hydroxylation sites is 1. The van der Waals surface area contributed by atoms with Crippen LogP contribution in [-0.2, 0) is 0 Å². The van der Waals surface area contributed by atoms with Gasteiger partial charge in [0.15, 0.2) is 0 Å². The molecule has 3 heteroatoms. The average molecular weight is 281 g/mol. The predicted molar refractivity (Wildman–Crippen MR) is 87.5 cm³/mol. The number of hydrogen-bond donors (Lipinski definition) is 1. The van der Waals surface area contributed by atoms with Gasteiger partial charge in [-0.05, 0) is 44.0 Å². The highest BCUT2D eigenvalue weighted by Gasteiger charge is 2.21. The molecule has 1 unspecified atom stereocenters. The van der Waals surface area contributed by atoms with Gasteiger partial charge in [-0.15, -0.1) is 0 Å². The van der Waals surface area contributed by atoms with Crippen molar-refractivity contribution in [3.05, 3.63) is 60.4 Å². The Balaban J connectivity index is 1.52. The highest BCUT2D eigenvalue weighted by Crippen LogP contribution is 2.21. The van der Waals surface area contributed by atoms with Crippen LogP contribution < -0.4 is 10.2 Å². The van der Waals surface area contributed by atoms with Crippen LogP contribution >= 0.6 is 0 Å². The zero-order valence-corrected chi connectivity index (χ0v) is 12.6. The predicted octanol–water partition coefficient (Wildman–Crippen LogP) is 3.40. The smallest absolute Gasteiger partial charge is 0.0570 e. The molecule has 1 saturated heterocycles. The zero-order valence-electron chi connectivity index (χ0n) is 12.6. The highest BCUT2D eigenvalue weighted by molar-refractivity contribution is 5.46. The highest BCUT2D eigenvalue weighted by atomic mass is 15.1. The molecule has 1 aromatic heterocycles. The van der Waals surface area contributed by atoms with Crippen LogP contribution in [0.2, 0.25) is 0 Å². The lowest BCUT2D eigenvalue weighted by atomic mass is 10.0. The molecule has 1 aliphatic rings. The Labute approximate surface area is 127 Å². The summed E-state index contributed by atoms with van der Waals surface area (Å²) < 4.78 is 0. The molecule has 110 valence electrons. The lowest BCUT2D eigenvalue weighted by Gasteiger charge is -2.35. The zero-order chi connectivity index (χ0) is 14.5. The number of nitrogens with zero attached hydrogens (tertiary/aromatic N) is 2. The van der Waals surface area contributed by atoms with Crippen LogP contribution in [0.1, 0.15) is 31.5 Å². The van der Waals surface area contributed by atoms with Gasteiger partial charge in [-0.2, -0.15) is 0 Å². The van der Waals surface area contributed by atoms with E-state index in [0.29, 0.717) is 12.1 Å². The fourth-order valence-corrected chi connectivity index (χ4v) is 3.01. The first-order chi connectivity index (χ1) is 10.3. The third kappa shape index (κ3) is 3.61. The average Bonchev–Trinajstić information content (AvgIpc) is 2.57. The molecule has 1 atom stereocenters. The van der Waals surface area contributed by atoms with Crippen molar-refractivity contribution < 1.29 is 0 Å².